The summed E-state index contributed by atoms with van der Waals surface area (Å²) in [6.07, 6.45) is 1.26. The number of sulfonamides is 1. The second-order valence-corrected chi connectivity index (χ2v) is 10.9. The topological polar surface area (TPSA) is 66.5 Å². The number of halogens is 2. The molecule has 0 aliphatic carbocycles. The van der Waals surface area contributed by atoms with Crippen molar-refractivity contribution in [3.05, 3.63) is 88.4 Å². The molecule has 1 aliphatic heterocycles. The van der Waals surface area contributed by atoms with Crippen LogP contribution in [0.5, 0.6) is 0 Å². The maximum Gasteiger partial charge on any atom is 0.228 e. The SMILES string of the molecule is O=C(Nc1ccccc1-c1ccccc1)C1CCCN(S(=O)(=O)Cc2ccc(Cl)c(Cl)c2)C1. The lowest BCUT2D eigenvalue weighted by molar-refractivity contribution is -0.120. The molecule has 1 unspecified atom stereocenters. The molecule has 0 bridgehead atoms. The lowest BCUT2D eigenvalue weighted by Gasteiger charge is -2.31. The van der Waals surface area contributed by atoms with Gasteiger partial charge in [0.25, 0.3) is 0 Å². The highest BCUT2D eigenvalue weighted by atomic mass is 35.5. The Morgan fingerprint density at radius 2 is 1.70 bits per heavy atom. The molecule has 1 N–H and O–H groups in total. The molecule has 33 heavy (non-hydrogen) atoms. The monoisotopic (exact) mass is 502 g/mol. The van der Waals surface area contributed by atoms with Gasteiger partial charge in [-0.05, 0) is 42.2 Å². The third kappa shape index (κ3) is 5.76. The maximum absolute atomic E-state index is 13.1. The van der Waals surface area contributed by atoms with Gasteiger partial charge >= 0.3 is 0 Å². The highest BCUT2D eigenvalue weighted by Crippen LogP contribution is 2.30. The van der Waals surface area contributed by atoms with E-state index in [1.807, 2.05) is 54.6 Å². The van der Waals surface area contributed by atoms with Crippen molar-refractivity contribution in [2.45, 2.75) is 18.6 Å². The van der Waals surface area contributed by atoms with Gasteiger partial charge < -0.3 is 5.32 Å². The second-order valence-electron chi connectivity index (χ2n) is 8.10. The molecule has 1 fully saturated rings. The Morgan fingerprint density at radius 1 is 0.970 bits per heavy atom. The number of anilines is 1. The molecule has 1 aliphatic rings. The van der Waals surface area contributed by atoms with Crippen LogP contribution >= 0.6 is 23.2 Å². The van der Waals surface area contributed by atoms with E-state index < -0.39 is 15.9 Å². The van der Waals surface area contributed by atoms with Crippen LogP contribution in [0.3, 0.4) is 0 Å². The van der Waals surface area contributed by atoms with E-state index in [1.165, 1.54) is 4.31 Å². The number of piperidine rings is 1. The summed E-state index contributed by atoms with van der Waals surface area (Å²) in [5.74, 6) is -0.784. The molecule has 4 rings (SSSR count). The van der Waals surface area contributed by atoms with E-state index in [0.29, 0.717) is 40.7 Å². The average molecular weight is 503 g/mol. The van der Waals surface area contributed by atoms with Crippen molar-refractivity contribution in [3.8, 4) is 11.1 Å². The lowest BCUT2D eigenvalue weighted by atomic mass is 9.98. The highest BCUT2D eigenvalue weighted by molar-refractivity contribution is 7.88. The quantitative estimate of drug-likeness (QED) is 0.460. The Labute approximate surface area is 204 Å². The minimum atomic E-state index is -3.60. The summed E-state index contributed by atoms with van der Waals surface area (Å²) in [4.78, 5) is 13.1. The minimum absolute atomic E-state index is 0.156. The van der Waals surface area contributed by atoms with Gasteiger partial charge in [-0.15, -0.1) is 0 Å². The zero-order chi connectivity index (χ0) is 23.4. The Kier molecular flexibility index (Phi) is 7.39. The van der Waals surface area contributed by atoms with E-state index in [4.69, 9.17) is 23.2 Å². The normalized spacial score (nSPS) is 17.0. The van der Waals surface area contributed by atoms with Gasteiger partial charge in [-0.1, -0.05) is 77.8 Å². The Bertz CT molecular complexity index is 1250. The first kappa shape index (κ1) is 23.8. The van der Waals surface area contributed by atoms with Gasteiger partial charge in [0.2, 0.25) is 15.9 Å². The molecule has 1 saturated heterocycles. The molecule has 1 atom stereocenters. The molecule has 5 nitrogen and oxygen atoms in total. The number of amides is 1. The van der Waals surface area contributed by atoms with Crippen LogP contribution in [0.1, 0.15) is 18.4 Å². The van der Waals surface area contributed by atoms with Crippen molar-refractivity contribution < 1.29 is 13.2 Å². The molecular formula is C25H24Cl2N2O3S. The molecular weight excluding hydrogens is 479 g/mol. The Morgan fingerprint density at radius 3 is 2.45 bits per heavy atom. The van der Waals surface area contributed by atoms with Crippen molar-refractivity contribution >= 4 is 44.8 Å². The van der Waals surface area contributed by atoms with Crippen LogP contribution in [0.25, 0.3) is 11.1 Å². The van der Waals surface area contributed by atoms with Crippen LogP contribution in [0.2, 0.25) is 10.0 Å². The van der Waals surface area contributed by atoms with Crippen LogP contribution in [0.4, 0.5) is 5.69 Å². The Hall–Kier alpha value is -2.38. The zero-order valence-electron chi connectivity index (χ0n) is 17.9. The minimum Gasteiger partial charge on any atom is -0.325 e. The van der Waals surface area contributed by atoms with Gasteiger partial charge in [0.15, 0.2) is 0 Å². The van der Waals surface area contributed by atoms with E-state index in [1.54, 1.807) is 18.2 Å². The standard InChI is InChI=1S/C25H24Cl2N2O3S/c26-22-13-12-18(15-23(22)27)17-33(31,32)29-14-6-9-20(16-29)25(30)28-24-11-5-4-10-21(24)19-7-2-1-3-8-19/h1-5,7-8,10-13,15,20H,6,9,14,16-17H2,(H,28,30). The van der Waals surface area contributed by atoms with Crippen LogP contribution < -0.4 is 5.32 Å². The second kappa shape index (κ2) is 10.3. The third-order valence-electron chi connectivity index (χ3n) is 5.75. The number of carbonyl (C=O) groups is 1. The fourth-order valence-corrected chi connectivity index (χ4v) is 5.96. The Balaban J connectivity index is 1.46. The number of hydrogen-bond donors (Lipinski definition) is 1. The van der Waals surface area contributed by atoms with Crippen molar-refractivity contribution in [3.63, 3.8) is 0 Å². The fraction of sp³-hybridized carbons (Fsp3) is 0.240. The number of rotatable bonds is 6. The van der Waals surface area contributed by atoms with E-state index in [-0.39, 0.29) is 18.2 Å². The number of carbonyl (C=O) groups excluding carboxylic acids is 1. The van der Waals surface area contributed by atoms with E-state index in [2.05, 4.69) is 5.32 Å². The molecule has 172 valence electrons. The predicted octanol–water partition coefficient (Wildman–Crippen LogP) is 5.84. The molecule has 0 aromatic heterocycles. The predicted molar refractivity (Wildman–Crippen MR) is 134 cm³/mol. The smallest absolute Gasteiger partial charge is 0.228 e. The maximum atomic E-state index is 13.1. The molecule has 3 aromatic rings. The summed E-state index contributed by atoms with van der Waals surface area (Å²) in [5, 5.41) is 3.72. The van der Waals surface area contributed by atoms with E-state index in [0.717, 1.165) is 11.1 Å². The van der Waals surface area contributed by atoms with Gasteiger partial charge in [0.1, 0.15) is 0 Å². The molecule has 1 amide bonds. The van der Waals surface area contributed by atoms with Gasteiger partial charge in [0, 0.05) is 24.3 Å². The van der Waals surface area contributed by atoms with Crippen LogP contribution in [-0.4, -0.2) is 31.7 Å². The summed E-state index contributed by atoms with van der Waals surface area (Å²) in [6.45, 7) is 0.553. The number of nitrogens with one attached hydrogen (secondary N) is 1. The number of benzene rings is 3. The van der Waals surface area contributed by atoms with Gasteiger partial charge in [-0.3, -0.25) is 4.79 Å². The molecule has 1 heterocycles. The summed E-state index contributed by atoms with van der Waals surface area (Å²) in [6, 6.07) is 22.2. The first-order valence-electron chi connectivity index (χ1n) is 10.7. The first-order valence-corrected chi connectivity index (χ1v) is 13.1. The van der Waals surface area contributed by atoms with Crippen molar-refractivity contribution in [2.24, 2.45) is 5.92 Å². The lowest BCUT2D eigenvalue weighted by Crippen LogP contribution is -2.44. The summed E-state index contributed by atoms with van der Waals surface area (Å²) < 4.78 is 27.5. The molecule has 0 saturated carbocycles. The van der Waals surface area contributed by atoms with Crippen molar-refractivity contribution in [1.82, 2.24) is 4.31 Å². The van der Waals surface area contributed by atoms with Crippen LogP contribution in [0.15, 0.2) is 72.8 Å². The van der Waals surface area contributed by atoms with Gasteiger partial charge in [0.05, 0.1) is 21.7 Å². The third-order valence-corrected chi connectivity index (χ3v) is 8.31. The number of nitrogens with zero attached hydrogens (tertiary/aromatic N) is 1. The molecule has 0 radical (unpaired) electrons. The molecule has 8 heteroatoms. The van der Waals surface area contributed by atoms with Crippen molar-refractivity contribution in [2.75, 3.05) is 18.4 Å². The van der Waals surface area contributed by atoms with E-state index in [9.17, 15) is 13.2 Å². The summed E-state index contributed by atoms with van der Waals surface area (Å²) in [7, 11) is -3.60. The summed E-state index contributed by atoms with van der Waals surface area (Å²) >= 11 is 12.0. The van der Waals surface area contributed by atoms with Crippen LogP contribution in [-0.2, 0) is 20.6 Å². The van der Waals surface area contributed by atoms with Gasteiger partial charge in [-0.2, -0.15) is 0 Å². The number of hydrogen-bond acceptors (Lipinski definition) is 3. The van der Waals surface area contributed by atoms with Crippen molar-refractivity contribution in [1.29, 1.82) is 0 Å². The van der Waals surface area contributed by atoms with Gasteiger partial charge in [-0.25, -0.2) is 12.7 Å². The molecule has 3 aromatic carbocycles. The summed E-state index contributed by atoms with van der Waals surface area (Å²) in [5.41, 5.74) is 3.20. The largest absolute Gasteiger partial charge is 0.325 e. The first-order chi connectivity index (χ1) is 15.8. The average Bonchev–Trinajstić information content (AvgIpc) is 2.82. The van der Waals surface area contributed by atoms with E-state index >= 15 is 0 Å². The fourth-order valence-electron chi connectivity index (χ4n) is 4.04. The zero-order valence-corrected chi connectivity index (χ0v) is 20.2. The number of para-hydroxylation sites is 1. The highest BCUT2D eigenvalue weighted by Gasteiger charge is 2.32. The van der Waals surface area contributed by atoms with Crippen LogP contribution in [0, 0.1) is 5.92 Å². The molecule has 0 spiro atoms.